The Kier molecular flexibility index (Phi) is 4.47. The predicted octanol–water partition coefficient (Wildman–Crippen LogP) is 1.55. The molecule has 0 aliphatic carbocycles. The van der Waals surface area contributed by atoms with E-state index in [1.807, 2.05) is 12.3 Å². The van der Waals surface area contributed by atoms with Crippen LogP contribution in [0.1, 0.15) is 25.5 Å². The number of rotatable bonds is 3. The standard InChI is InChI=1S/C15H24N4O/c1-13-3-6-18(7-4-13)12-14-2-5-16-15(17-14)19-8-10-20-11-9-19/h2,5,13H,3-4,6-12H2,1H3. The van der Waals surface area contributed by atoms with E-state index in [1.165, 1.54) is 25.9 Å². The molecule has 0 bridgehead atoms. The molecule has 3 rings (SSSR count). The highest BCUT2D eigenvalue weighted by Gasteiger charge is 2.18. The molecule has 1 aromatic rings. The lowest BCUT2D eigenvalue weighted by molar-refractivity contribution is 0.122. The van der Waals surface area contributed by atoms with Gasteiger partial charge in [0.25, 0.3) is 0 Å². The second-order valence-electron chi connectivity index (χ2n) is 5.91. The van der Waals surface area contributed by atoms with E-state index in [-0.39, 0.29) is 0 Å². The van der Waals surface area contributed by atoms with Gasteiger partial charge in [-0.05, 0) is 37.9 Å². The van der Waals surface area contributed by atoms with Crippen molar-refractivity contribution in [1.82, 2.24) is 14.9 Å². The molecule has 2 saturated heterocycles. The minimum atomic E-state index is 0.775. The summed E-state index contributed by atoms with van der Waals surface area (Å²) in [6.45, 7) is 9.02. The lowest BCUT2D eigenvalue weighted by Crippen LogP contribution is -2.37. The van der Waals surface area contributed by atoms with Gasteiger partial charge in [-0.3, -0.25) is 4.90 Å². The van der Waals surface area contributed by atoms with E-state index in [4.69, 9.17) is 9.72 Å². The van der Waals surface area contributed by atoms with Crippen molar-refractivity contribution >= 4 is 5.95 Å². The molecule has 5 heteroatoms. The first-order valence-electron chi connectivity index (χ1n) is 7.68. The first-order chi connectivity index (χ1) is 9.81. The highest BCUT2D eigenvalue weighted by molar-refractivity contribution is 5.30. The third-order valence-electron chi connectivity index (χ3n) is 4.26. The maximum absolute atomic E-state index is 5.38. The van der Waals surface area contributed by atoms with Crippen molar-refractivity contribution in [1.29, 1.82) is 0 Å². The largest absolute Gasteiger partial charge is 0.378 e. The zero-order valence-corrected chi connectivity index (χ0v) is 12.3. The van der Waals surface area contributed by atoms with E-state index in [0.717, 1.165) is 50.4 Å². The summed E-state index contributed by atoms with van der Waals surface area (Å²) in [6, 6.07) is 2.04. The van der Waals surface area contributed by atoms with Crippen molar-refractivity contribution in [2.24, 2.45) is 5.92 Å². The SMILES string of the molecule is CC1CCN(Cc2ccnc(N3CCOCC3)n2)CC1. The molecule has 20 heavy (non-hydrogen) atoms. The minimum absolute atomic E-state index is 0.775. The first-order valence-corrected chi connectivity index (χ1v) is 7.68. The van der Waals surface area contributed by atoms with Crippen LogP contribution in [-0.4, -0.2) is 54.3 Å². The quantitative estimate of drug-likeness (QED) is 0.838. The molecular formula is C15H24N4O. The molecular weight excluding hydrogens is 252 g/mol. The van der Waals surface area contributed by atoms with E-state index >= 15 is 0 Å². The summed E-state index contributed by atoms with van der Waals surface area (Å²) in [5, 5.41) is 0. The van der Waals surface area contributed by atoms with Gasteiger partial charge in [-0.2, -0.15) is 0 Å². The lowest BCUT2D eigenvalue weighted by atomic mass is 9.99. The number of aromatic nitrogens is 2. The van der Waals surface area contributed by atoms with Crippen LogP contribution in [0.4, 0.5) is 5.95 Å². The third kappa shape index (κ3) is 3.46. The monoisotopic (exact) mass is 276 g/mol. The molecule has 0 aromatic carbocycles. The molecule has 2 aliphatic heterocycles. The topological polar surface area (TPSA) is 41.5 Å². The van der Waals surface area contributed by atoms with E-state index in [1.54, 1.807) is 0 Å². The van der Waals surface area contributed by atoms with Gasteiger partial charge in [0.15, 0.2) is 0 Å². The van der Waals surface area contributed by atoms with Crippen molar-refractivity contribution < 1.29 is 4.74 Å². The van der Waals surface area contributed by atoms with Crippen LogP contribution in [0.25, 0.3) is 0 Å². The Morgan fingerprint density at radius 2 is 1.95 bits per heavy atom. The molecule has 2 fully saturated rings. The molecule has 0 saturated carbocycles. The van der Waals surface area contributed by atoms with Crippen molar-refractivity contribution in [2.45, 2.75) is 26.3 Å². The average Bonchev–Trinajstić information content (AvgIpc) is 2.51. The fourth-order valence-corrected chi connectivity index (χ4v) is 2.84. The number of hydrogen-bond donors (Lipinski definition) is 0. The maximum atomic E-state index is 5.38. The number of morpholine rings is 1. The van der Waals surface area contributed by atoms with Crippen LogP contribution >= 0.6 is 0 Å². The van der Waals surface area contributed by atoms with E-state index in [9.17, 15) is 0 Å². The van der Waals surface area contributed by atoms with Crippen LogP contribution in [0.3, 0.4) is 0 Å². The Balaban J connectivity index is 1.62. The van der Waals surface area contributed by atoms with Crippen molar-refractivity contribution in [3.05, 3.63) is 18.0 Å². The van der Waals surface area contributed by atoms with Gasteiger partial charge in [-0.25, -0.2) is 9.97 Å². The summed E-state index contributed by atoms with van der Waals surface area (Å²) in [6.07, 6.45) is 4.50. The number of anilines is 1. The van der Waals surface area contributed by atoms with E-state index in [2.05, 4.69) is 21.7 Å². The number of likely N-dealkylation sites (tertiary alicyclic amines) is 1. The van der Waals surface area contributed by atoms with Crippen molar-refractivity contribution in [3.8, 4) is 0 Å². The number of hydrogen-bond acceptors (Lipinski definition) is 5. The van der Waals surface area contributed by atoms with Crippen LogP contribution in [0.5, 0.6) is 0 Å². The van der Waals surface area contributed by atoms with Crippen molar-refractivity contribution in [3.63, 3.8) is 0 Å². The third-order valence-corrected chi connectivity index (χ3v) is 4.26. The second-order valence-corrected chi connectivity index (χ2v) is 5.91. The molecule has 110 valence electrons. The summed E-state index contributed by atoms with van der Waals surface area (Å²) in [5.41, 5.74) is 1.14. The average molecular weight is 276 g/mol. The second kappa shape index (κ2) is 6.50. The van der Waals surface area contributed by atoms with Crippen LogP contribution < -0.4 is 4.90 Å². The summed E-state index contributed by atoms with van der Waals surface area (Å²) in [4.78, 5) is 13.9. The zero-order chi connectivity index (χ0) is 13.8. The predicted molar refractivity (Wildman–Crippen MR) is 78.7 cm³/mol. The van der Waals surface area contributed by atoms with Gasteiger partial charge in [0.1, 0.15) is 0 Å². The molecule has 0 unspecified atom stereocenters. The summed E-state index contributed by atoms with van der Waals surface area (Å²) in [7, 11) is 0. The number of piperidine rings is 1. The van der Waals surface area contributed by atoms with Gasteiger partial charge >= 0.3 is 0 Å². The van der Waals surface area contributed by atoms with Crippen molar-refractivity contribution in [2.75, 3.05) is 44.3 Å². The Bertz CT molecular complexity index is 426. The zero-order valence-electron chi connectivity index (χ0n) is 12.3. The Morgan fingerprint density at radius 1 is 1.20 bits per heavy atom. The summed E-state index contributed by atoms with van der Waals surface area (Å²) >= 11 is 0. The molecule has 0 N–H and O–H groups in total. The van der Waals surface area contributed by atoms with Gasteiger partial charge < -0.3 is 9.64 Å². The minimum Gasteiger partial charge on any atom is -0.378 e. The fraction of sp³-hybridized carbons (Fsp3) is 0.733. The molecule has 0 atom stereocenters. The molecule has 2 aliphatic rings. The Labute approximate surface area is 121 Å². The van der Waals surface area contributed by atoms with Crippen LogP contribution in [0, 0.1) is 5.92 Å². The Hall–Kier alpha value is -1.20. The molecule has 5 nitrogen and oxygen atoms in total. The van der Waals surface area contributed by atoms with Crippen LogP contribution in [-0.2, 0) is 11.3 Å². The molecule has 0 radical (unpaired) electrons. The summed E-state index contributed by atoms with van der Waals surface area (Å²) in [5.74, 6) is 1.73. The number of ether oxygens (including phenoxy) is 1. The smallest absolute Gasteiger partial charge is 0.225 e. The van der Waals surface area contributed by atoms with Gasteiger partial charge in [0, 0.05) is 25.8 Å². The fourth-order valence-electron chi connectivity index (χ4n) is 2.84. The van der Waals surface area contributed by atoms with Gasteiger partial charge in [-0.15, -0.1) is 0 Å². The normalized spacial score (nSPS) is 22.1. The van der Waals surface area contributed by atoms with Crippen LogP contribution in [0.15, 0.2) is 12.3 Å². The molecule has 0 spiro atoms. The maximum Gasteiger partial charge on any atom is 0.225 e. The first kappa shape index (κ1) is 13.8. The van der Waals surface area contributed by atoms with E-state index in [0.29, 0.717) is 0 Å². The van der Waals surface area contributed by atoms with E-state index < -0.39 is 0 Å². The molecule has 1 aromatic heterocycles. The van der Waals surface area contributed by atoms with Gasteiger partial charge in [0.2, 0.25) is 5.95 Å². The van der Waals surface area contributed by atoms with Crippen LogP contribution in [0.2, 0.25) is 0 Å². The van der Waals surface area contributed by atoms with Gasteiger partial charge in [0.05, 0.1) is 18.9 Å². The highest BCUT2D eigenvalue weighted by Crippen LogP contribution is 2.18. The van der Waals surface area contributed by atoms with Gasteiger partial charge in [-0.1, -0.05) is 6.92 Å². The lowest BCUT2D eigenvalue weighted by Gasteiger charge is -2.30. The molecule has 0 amide bonds. The molecule has 3 heterocycles. The number of nitrogens with zero attached hydrogens (tertiary/aromatic N) is 4. The summed E-state index contributed by atoms with van der Waals surface area (Å²) < 4.78 is 5.38. The Morgan fingerprint density at radius 3 is 2.70 bits per heavy atom. The highest BCUT2D eigenvalue weighted by atomic mass is 16.5.